The van der Waals surface area contributed by atoms with E-state index in [0.29, 0.717) is 16.6 Å². The van der Waals surface area contributed by atoms with Crippen LogP contribution in [0, 0.1) is 0 Å². The number of halogens is 3. The van der Waals surface area contributed by atoms with Gasteiger partial charge in [0.25, 0.3) is 0 Å². The molecule has 0 heterocycles. The smallest absolute Gasteiger partial charge is 0.0914 e. The Morgan fingerprint density at radius 1 is 1.19 bits per heavy atom. The van der Waals surface area contributed by atoms with Gasteiger partial charge in [0.1, 0.15) is 0 Å². The zero-order chi connectivity index (χ0) is 15.4. The van der Waals surface area contributed by atoms with Crippen LogP contribution in [0.5, 0.6) is 0 Å². The van der Waals surface area contributed by atoms with Gasteiger partial charge in [-0.25, -0.2) is 0 Å². The van der Waals surface area contributed by atoms with Crippen molar-refractivity contribution < 1.29 is 5.11 Å². The van der Waals surface area contributed by atoms with Crippen molar-refractivity contribution in [2.24, 2.45) is 0 Å². The zero-order valence-corrected chi connectivity index (χ0v) is 14.6. The molecule has 0 aromatic heterocycles. The minimum Gasteiger partial charge on any atom is -0.387 e. The second-order valence-electron chi connectivity index (χ2n) is 4.87. The van der Waals surface area contributed by atoms with Crippen LogP contribution in [0.4, 0.5) is 0 Å². The average molecular weight is 389 g/mol. The monoisotopic (exact) mass is 387 g/mol. The van der Waals surface area contributed by atoms with Crippen molar-refractivity contribution in [1.29, 1.82) is 0 Å². The van der Waals surface area contributed by atoms with Gasteiger partial charge in [0.15, 0.2) is 0 Å². The van der Waals surface area contributed by atoms with Crippen LogP contribution in [0.15, 0.2) is 46.9 Å². The number of benzene rings is 2. The van der Waals surface area contributed by atoms with Crippen molar-refractivity contribution in [3.8, 4) is 0 Å². The number of aliphatic hydroxyl groups is 1. The highest BCUT2D eigenvalue weighted by Gasteiger charge is 2.13. The lowest BCUT2D eigenvalue weighted by Crippen LogP contribution is -2.24. The van der Waals surface area contributed by atoms with Crippen LogP contribution in [0.3, 0.4) is 0 Å². The molecule has 2 aromatic carbocycles. The molecule has 2 N–H and O–H groups in total. The third kappa shape index (κ3) is 4.70. The lowest BCUT2D eigenvalue weighted by molar-refractivity contribution is 0.170. The van der Waals surface area contributed by atoms with Crippen molar-refractivity contribution in [1.82, 2.24) is 5.32 Å². The maximum atomic E-state index is 10.2. The molecule has 2 nitrogen and oxygen atoms in total. The summed E-state index contributed by atoms with van der Waals surface area (Å²) in [5, 5.41) is 14.7. The van der Waals surface area contributed by atoms with Crippen molar-refractivity contribution in [2.45, 2.75) is 19.1 Å². The molecule has 2 aromatic rings. The number of hydrogen-bond acceptors (Lipinski definition) is 2. The predicted octanol–water partition coefficient (Wildman–Crippen LogP) is 5.14. The SMILES string of the molecule is CC(NCC(O)c1cccc(Br)c1)c1ccc(Cl)cc1Cl. The quantitative estimate of drug-likeness (QED) is 0.743. The minimum atomic E-state index is -0.573. The number of aliphatic hydroxyl groups excluding tert-OH is 1. The van der Waals surface area contributed by atoms with E-state index in [0.717, 1.165) is 15.6 Å². The Labute approximate surface area is 143 Å². The lowest BCUT2D eigenvalue weighted by Gasteiger charge is -2.19. The molecule has 0 saturated carbocycles. The van der Waals surface area contributed by atoms with Crippen molar-refractivity contribution in [2.75, 3.05) is 6.54 Å². The van der Waals surface area contributed by atoms with Gasteiger partial charge in [-0.05, 0) is 42.3 Å². The molecule has 0 radical (unpaired) electrons. The second-order valence-corrected chi connectivity index (χ2v) is 6.63. The van der Waals surface area contributed by atoms with E-state index in [-0.39, 0.29) is 6.04 Å². The molecule has 0 bridgehead atoms. The van der Waals surface area contributed by atoms with Gasteiger partial charge >= 0.3 is 0 Å². The molecule has 0 aliphatic heterocycles. The first kappa shape index (κ1) is 16.8. The molecular weight excluding hydrogens is 373 g/mol. The standard InChI is InChI=1S/C16H16BrCl2NO/c1-10(14-6-5-13(18)8-15(14)19)20-9-16(21)11-3-2-4-12(17)7-11/h2-8,10,16,20-21H,9H2,1H3. The fourth-order valence-electron chi connectivity index (χ4n) is 2.08. The summed E-state index contributed by atoms with van der Waals surface area (Å²) < 4.78 is 0.952. The van der Waals surface area contributed by atoms with Crippen LogP contribution >= 0.6 is 39.1 Å². The van der Waals surface area contributed by atoms with E-state index in [1.165, 1.54) is 0 Å². The summed E-state index contributed by atoms with van der Waals surface area (Å²) in [6.07, 6.45) is -0.573. The Morgan fingerprint density at radius 3 is 2.62 bits per heavy atom. The summed E-state index contributed by atoms with van der Waals surface area (Å²) in [6, 6.07) is 13.1. The highest BCUT2D eigenvalue weighted by atomic mass is 79.9. The average Bonchev–Trinajstić information content (AvgIpc) is 2.44. The van der Waals surface area contributed by atoms with Crippen LogP contribution in [0.25, 0.3) is 0 Å². The topological polar surface area (TPSA) is 32.3 Å². The van der Waals surface area contributed by atoms with Crippen LogP contribution in [0.1, 0.15) is 30.2 Å². The van der Waals surface area contributed by atoms with E-state index in [1.54, 1.807) is 6.07 Å². The molecule has 112 valence electrons. The first-order chi connectivity index (χ1) is 9.97. The lowest BCUT2D eigenvalue weighted by atomic mass is 10.1. The van der Waals surface area contributed by atoms with Gasteiger partial charge in [-0.15, -0.1) is 0 Å². The minimum absolute atomic E-state index is 0.0246. The van der Waals surface area contributed by atoms with Gasteiger partial charge in [-0.2, -0.15) is 0 Å². The number of hydrogen-bond donors (Lipinski definition) is 2. The van der Waals surface area contributed by atoms with E-state index >= 15 is 0 Å². The molecule has 0 aliphatic carbocycles. The second kappa shape index (κ2) is 7.61. The Bertz CT molecular complexity index is 621. The summed E-state index contributed by atoms with van der Waals surface area (Å²) in [6.45, 7) is 2.44. The zero-order valence-electron chi connectivity index (χ0n) is 11.5. The van der Waals surface area contributed by atoms with Crippen LogP contribution in [0.2, 0.25) is 10.0 Å². The summed E-state index contributed by atoms with van der Waals surface area (Å²) >= 11 is 15.5. The normalized spacial score (nSPS) is 14.0. The molecule has 0 amide bonds. The van der Waals surface area contributed by atoms with Gasteiger partial charge in [0, 0.05) is 27.1 Å². The van der Waals surface area contributed by atoms with Gasteiger partial charge in [0.05, 0.1) is 6.10 Å². The summed E-state index contributed by atoms with van der Waals surface area (Å²) in [5.74, 6) is 0. The summed E-state index contributed by atoms with van der Waals surface area (Å²) in [4.78, 5) is 0. The largest absolute Gasteiger partial charge is 0.387 e. The van der Waals surface area contributed by atoms with E-state index in [4.69, 9.17) is 23.2 Å². The Morgan fingerprint density at radius 2 is 1.95 bits per heavy atom. The van der Waals surface area contributed by atoms with Crippen LogP contribution in [-0.4, -0.2) is 11.7 Å². The van der Waals surface area contributed by atoms with Crippen LogP contribution in [-0.2, 0) is 0 Å². The molecule has 0 fully saturated rings. The van der Waals surface area contributed by atoms with E-state index in [9.17, 15) is 5.11 Å². The van der Waals surface area contributed by atoms with Gasteiger partial charge < -0.3 is 10.4 Å². The molecule has 2 rings (SSSR count). The summed E-state index contributed by atoms with van der Waals surface area (Å²) in [7, 11) is 0. The van der Waals surface area contributed by atoms with E-state index in [2.05, 4.69) is 21.2 Å². The molecule has 21 heavy (non-hydrogen) atoms. The van der Waals surface area contributed by atoms with Gasteiger partial charge in [-0.3, -0.25) is 0 Å². The third-order valence-corrected chi connectivity index (χ3v) is 4.34. The fourth-order valence-corrected chi connectivity index (χ4v) is 3.07. The third-order valence-electron chi connectivity index (χ3n) is 3.28. The van der Waals surface area contributed by atoms with Crippen molar-refractivity contribution in [3.05, 3.63) is 68.1 Å². The number of nitrogens with one attached hydrogen (secondary N) is 1. The fraction of sp³-hybridized carbons (Fsp3) is 0.250. The Kier molecular flexibility index (Phi) is 6.08. The maximum absolute atomic E-state index is 10.2. The van der Waals surface area contributed by atoms with Crippen LogP contribution < -0.4 is 5.32 Å². The molecule has 2 unspecified atom stereocenters. The van der Waals surface area contributed by atoms with Crippen molar-refractivity contribution >= 4 is 39.1 Å². The molecule has 5 heteroatoms. The Balaban J connectivity index is 1.99. The molecule has 2 atom stereocenters. The maximum Gasteiger partial charge on any atom is 0.0914 e. The Hall–Kier alpha value is -0.580. The van der Waals surface area contributed by atoms with E-state index in [1.807, 2.05) is 43.3 Å². The van der Waals surface area contributed by atoms with Gasteiger partial charge in [-0.1, -0.05) is 57.3 Å². The highest BCUT2D eigenvalue weighted by Crippen LogP contribution is 2.26. The van der Waals surface area contributed by atoms with E-state index < -0.39 is 6.10 Å². The first-order valence-corrected chi connectivity index (χ1v) is 8.14. The summed E-state index contributed by atoms with van der Waals surface area (Å²) in [5.41, 5.74) is 1.83. The molecule has 0 saturated heterocycles. The highest BCUT2D eigenvalue weighted by molar-refractivity contribution is 9.10. The predicted molar refractivity (Wildman–Crippen MR) is 92.0 cm³/mol. The van der Waals surface area contributed by atoms with Crippen molar-refractivity contribution in [3.63, 3.8) is 0 Å². The first-order valence-electron chi connectivity index (χ1n) is 6.59. The number of rotatable bonds is 5. The molecule has 0 spiro atoms. The molecular formula is C16H16BrCl2NO. The van der Waals surface area contributed by atoms with Gasteiger partial charge in [0.2, 0.25) is 0 Å². The molecule has 0 aliphatic rings.